The summed E-state index contributed by atoms with van der Waals surface area (Å²) in [7, 11) is -3.17. The van der Waals surface area contributed by atoms with Crippen molar-refractivity contribution in [3.8, 4) is 6.07 Å². The van der Waals surface area contributed by atoms with Crippen LogP contribution in [0.1, 0.15) is 12.5 Å². The van der Waals surface area contributed by atoms with Crippen LogP contribution in [0.5, 0.6) is 0 Å². The highest BCUT2D eigenvalue weighted by molar-refractivity contribution is 7.88. The maximum atomic E-state index is 11.3. The molecule has 8 nitrogen and oxygen atoms in total. The topological polar surface area (TPSA) is 98.6 Å². The molecule has 9 heteroatoms. The molecule has 1 aromatic heterocycles. The summed E-state index contributed by atoms with van der Waals surface area (Å²) in [6.07, 6.45) is 3.00. The van der Waals surface area contributed by atoms with Crippen molar-refractivity contribution in [1.29, 1.82) is 5.26 Å². The first-order chi connectivity index (χ1) is 13.8. The number of fused-ring (bicyclic) bond motifs is 1. The Labute approximate surface area is 171 Å². The molecule has 154 valence electrons. The van der Waals surface area contributed by atoms with Crippen molar-refractivity contribution in [2.24, 2.45) is 0 Å². The number of hydrogen-bond donors (Lipinski definition) is 1. The van der Waals surface area contributed by atoms with Crippen LogP contribution in [-0.4, -0.2) is 75.5 Å². The molecule has 3 heterocycles. The fraction of sp³-hybridized carbons (Fsp3) is 0.500. The molecule has 2 atom stereocenters. The van der Waals surface area contributed by atoms with Crippen LogP contribution >= 0.6 is 0 Å². The minimum Gasteiger partial charge on any atom is -0.370 e. The number of pyridine rings is 1. The Bertz CT molecular complexity index is 1050. The second-order valence-electron chi connectivity index (χ2n) is 7.92. The fourth-order valence-corrected chi connectivity index (χ4v) is 5.01. The van der Waals surface area contributed by atoms with Gasteiger partial charge in [-0.1, -0.05) is 0 Å². The molecular formula is C20H25N5O3S. The number of nitrogens with one attached hydrogen (secondary N) is 1. The van der Waals surface area contributed by atoms with E-state index in [0.717, 1.165) is 36.2 Å². The zero-order chi connectivity index (χ0) is 20.6. The van der Waals surface area contributed by atoms with Crippen LogP contribution in [-0.2, 0) is 14.8 Å². The van der Waals surface area contributed by atoms with Gasteiger partial charge >= 0.3 is 0 Å². The summed E-state index contributed by atoms with van der Waals surface area (Å²) >= 11 is 0. The molecule has 0 aliphatic carbocycles. The minimum atomic E-state index is -3.17. The monoisotopic (exact) mass is 415 g/mol. The number of nitriles is 1. The van der Waals surface area contributed by atoms with Gasteiger partial charge in [0.1, 0.15) is 6.07 Å². The standard InChI is InChI=1S/C20H25N5O3S/c1-14-9-25(19-6-5-15(8-21)20-18(19)4-3-7-22-20)13-17(28-14)12-24-10-16(11-24)23-29(2,26)27/h3-7,14,16-17,23H,9-13H2,1-2H3/t14-,17+/m1/s1. The third kappa shape index (κ3) is 4.51. The zero-order valence-corrected chi connectivity index (χ0v) is 17.4. The summed E-state index contributed by atoms with van der Waals surface area (Å²) in [4.78, 5) is 8.92. The van der Waals surface area contributed by atoms with Crippen LogP contribution in [0, 0.1) is 11.3 Å². The first kappa shape index (κ1) is 20.0. The molecule has 2 fully saturated rings. The van der Waals surface area contributed by atoms with E-state index in [9.17, 15) is 13.7 Å². The number of anilines is 1. The molecule has 0 radical (unpaired) electrons. The van der Waals surface area contributed by atoms with E-state index in [2.05, 4.69) is 32.5 Å². The lowest BCUT2D eigenvalue weighted by Gasteiger charge is -2.44. The van der Waals surface area contributed by atoms with E-state index in [1.165, 1.54) is 6.26 Å². The predicted molar refractivity (Wildman–Crippen MR) is 111 cm³/mol. The van der Waals surface area contributed by atoms with Gasteiger partial charge in [0.2, 0.25) is 10.0 Å². The molecule has 0 bridgehead atoms. The van der Waals surface area contributed by atoms with Crippen LogP contribution in [0.4, 0.5) is 5.69 Å². The molecule has 0 saturated carbocycles. The third-order valence-electron chi connectivity index (χ3n) is 5.33. The first-order valence-electron chi connectivity index (χ1n) is 9.70. The van der Waals surface area contributed by atoms with E-state index in [1.54, 1.807) is 6.20 Å². The van der Waals surface area contributed by atoms with E-state index < -0.39 is 10.0 Å². The summed E-state index contributed by atoms with van der Waals surface area (Å²) < 4.78 is 31.5. The van der Waals surface area contributed by atoms with Crippen LogP contribution in [0.3, 0.4) is 0 Å². The Morgan fingerprint density at radius 1 is 1.28 bits per heavy atom. The SMILES string of the molecule is C[C@@H]1CN(c2ccc(C#N)c3ncccc23)C[C@H](CN2CC(NS(C)(=O)=O)C2)O1. The number of benzene rings is 1. The molecule has 1 aromatic carbocycles. The second-order valence-corrected chi connectivity index (χ2v) is 9.70. The highest BCUT2D eigenvalue weighted by Gasteiger charge is 2.34. The van der Waals surface area contributed by atoms with Crippen LogP contribution < -0.4 is 9.62 Å². The quantitative estimate of drug-likeness (QED) is 0.776. The Morgan fingerprint density at radius 3 is 2.79 bits per heavy atom. The van der Waals surface area contributed by atoms with E-state index >= 15 is 0 Å². The van der Waals surface area contributed by atoms with E-state index in [-0.39, 0.29) is 18.2 Å². The van der Waals surface area contributed by atoms with Crippen molar-refractivity contribution >= 4 is 26.6 Å². The molecule has 4 rings (SSSR count). The molecule has 2 aliphatic heterocycles. The number of rotatable bonds is 5. The van der Waals surface area contributed by atoms with Gasteiger partial charge in [-0.05, 0) is 31.2 Å². The predicted octanol–water partition coefficient (Wildman–Crippen LogP) is 0.934. The number of likely N-dealkylation sites (tertiary alicyclic amines) is 1. The maximum Gasteiger partial charge on any atom is 0.209 e. The van der Waals surface area contributed by atoms with Gasteiger partial charge in [0.25, 0.3) is 0 Å². The van der Waals surface area contributed by atoms with Crippen molar-refractivity contribution in [3.63, 3.8) is 0 Å². The van der Waals surface area contributed by atoms with Crippen LogP contribution in [0.25, 0.3) is 10.9 Å². The highest BCUT2D eigenvalue weighted by atomic mass is 32.2. The van der Waals surface area contributed by atoms with Gasteiger partial charge in [0.15, 0.2) is 0 Å². The number of aromatic nitrogens is 1. The number of ether oxygens (including phenoxy) is 1. The van der Waals surface area contributed by atoms with Gasteiger partial charge in [-0.2, -0.15) is 5.26 Å². The van der Waals surface area contributed by atoms with Crippen molar-refractivity contribution in [2.75, 3.05) is 43.9 Å². The smallest absolute Gasteiger partial charge is 0.209 e. The van der Waals surface area contributed by atoms with Crippen LogP contribution in [0.2, 0.25) is 0 Å². The molecule has 0 amide bonds. The van der Waals surface area contributed by atoms with Gasteiger partial charge in [0, 0.05) is 56.0 Å². The lowest BCUT2D eigenvalue weighted by atomic mass is 10.1. The molecule has 0 unspecified atom stereocenters. The second kappa shape index (κ2) is 7.88. The minimum absolute atomic E-state index is 0.0179. The maximum absolute atomic E-state index is 11.3. The summed E-state index contributed by atoms with van der Waals surface area (Å²) in [6.45, 7) is 5.73. The average Bonchev–Trinajstić information content (AvgIpc) is 2.64. The number of nitrogens with zero attached hydrogens (tertiary/aromatic N) is 4. The van der Waals surface area contributed by atoms with Crippen molar-refractivity contribution in [3.05, 3.63) is 36.0 Å². The summed E-state index contributed by atoms with van der Waals surface area (Å²) in [5.41, 5.74) is 2.36. The molecule has 2 aliphatic rings. The van der Waals surface area contributed by atoms with Gasteiger partial charge in [0.05, 0.1) is 29.5 Å². The molecule has 2 saturated heterocycles. The summed E-state index contributed by atoms with van der Waals surface area (Å²) in [5.74, 6) is 0. The van der Waals surface area contributed by atoms with Crippen LogP contribution in [0.15, 0.2) is 30.5 Å². The Balaban J connectivity index is 1.47. The van der Waals surface area contributed by atoms with Gasteiger partial charge < -0.3 is 9.64 Å². The fourth-order valence-electron chi connectivity index (χ4n) is 4.25. The van der Waals surface area contributed by atoms with Crippen molar-refractivity contribution in [2.45, 2.75) is 25.2 Å². The van der Waals surface area contributed by atoms with Crippen molar-refractivity contribution < 1.29 is 13.2 Å². The van der Waals surface area contributed by atoms with E-state index in [0.29, 0.717) is 18.7 Å². The third-order valence-corrected chi connectivity index (χ3v) is 6.10. The van der Waals surface area contributed by atoms with Gasteiger partial charge in [-0.15, -0.1) is 0 Å². The lowest BCUT2D eigenvalue weighted by Crippen LogP contribution is -2.62. The summed E-state index contributed by atoms with van der Waals surface area (Å²) in [6, 6.07) is 9.92. The number of hydrogen-bond acceptors (Lipinski definition) is 7. The first-order valence-corrected chi connectivity index (χ1v) is 11.6. The molecule has 29 heavy (non-hydrogen) atoms. The Kier molecular flexibility index (Phi) is 5.44. The molecule has 1 N–H and O–H groups in total. The van der Waals surface area contributed by atoms with Gasteiger partial charge in [-0.25, -0.2) is 13.1 Å². The highest BCUT2D eigenvalue weighted by Crippen LogP contribution is 2.30. The Morgan fingerprint density at radius 2 is 2.07 bits per heavy atom. The van der Waals surface area contributed by atoms with Gasteiger partial charge in [-0.3, -0.25) is 9.88 Å². The summed E-state index contributed by atoms with van der Waals surface area (Å²) in [5, 5.41) is 10.3. The van der Waals surface area contributed by atoms with E-state index in [1.807, 2.05) is 24.3 Å². The molecular weight excluding hydrogens is 390 g/mol. The molecule has 2 aromatic rings. The normalized spacial score (nSPS) is 23.7. The van der Waals surface area contributed by atoms with Crippen molar-refractivity contribution in [1.82, 2.24) is 14.6 Å². The Hall–Kier alpha value is -2.25. The van der Waals surface area contributed by atoms with E-state index in [4.69, 9.17) is 4.74 Å². The zero-order valence-electron chi connectivity index (χ0n) is 16.6. The largest absolute Gasteiger partial charge is 0.370 e. The number of sulfonamides is 1. The molecule has 0 spiro atoms. The average molecular weight is 416 g/mol. The number of morpholine rings is 1. The lowest BCUT2D eigenvalue weighted by molar-refractivity contribution is -0.0437.